The Kier molecular flexibility index (Phi) is 6.22. The fraction of sp³-hybridized carbons (Fsp3) is 0.304. The summed E-state index contributed by atoms with van der Waals surface area (Å²) in [6.07, 6.45) is 5.78. The number of likely N-dealkylation sites (tertiary alicyclic amines) is 1. The van der Waals surface area contributed by atoms with Crippen molar-refractivity contribution in [1.29, 1.82) is 5.26 Å². The summed E-state index contributed by atoms with van der Waals surface area (Å²) in [7, 11) is 0. The first-order valence-electron chi connectivity index (χ1n) is 10.3. The van der Waals surface area contributed by atoms with Gasteiger partial charge in [0.1, 0.15) is 18.4 Å². The molecule has 10 heteroatoms. The predicted octanol–water partition coefficient (Wildman–Crippen LogP) is 2.55. The number of amides is 2. The van der Waals surface area contributed by atoms with Gasteiger partial charge in [-0.05, 0) is 23.8 Å². The standard InChI is InChI=1S/C23H21F2N5O3/c24-23(25)10-17(11-26)30(14-23)21(31)13-29-22(32)18-5-6-27-12-16(18)3-1-15-2-4-19-20(9-15)33-8-7-28-19/h1-6,9,12,17,28H,7-8,10,13-14H2,(H,29,32)/b3-1+. The van der Waals surface area contributed by atoms with Crippen LogP contribution in [0.25, 0.3) is 12.2 Å². The molecule has 2 N–H and O–H groups in total. The summed E-state index contributed by atoms with van der Waals surface area (Å²) in [5.74, 6) is -3.65. The summed E-state index contributed by atoms with van der Waals surface area (Å²) in [4.78, 5) is 29.9. The number of rotatable bonds is 5. The van der Waals surface area contributed by atoms with Crippen LogP contribution in [0.4, 0.5) is 14.5 Å². The van der Waals surface area contributed by atoms with E-state index < -0.39 is 43.3 Å². The zero-order valence-corrected chi connectivity index (χ0v) is 17.6. The van der Waals surface area contributed by atoms with Gasteiger partial charge in [0.25, 0.3) is 11.8 Å². The molecule has 0 bridgehead atoms. The Morgan fingerprint density at radius 2 is 2.21 bits per heavy atom. The number of nitriles is 1. The van der Waals surface area contributed by atoms with Gasteiger partial charge in [0.15, 0.2) is 0 Å². The van der Waals surface area contributed by atoms with Crippen LogP contribution in [0.1, 0.15) is 27.9 Å². The van der Waals surface area contributed by atoms with E-state index in [1.807, 2.05) is 18.2 Å². The number of ether oxygens (including phenoxy) is 1. The van der Waals surface area contributed by atoms with Crippen molar-refractivity contribution in [2.24, 2.45) is 0 Å². The molecule has 1 unspecified atom stereocenters. The van der Waals surface area contributed by atoms with Gasteiger partial charge >= 0.3 is 0 Å². The van der Waals surface area contributed by atoms with E-state index in [9.17, 15) is 18.4 Å². The molecule has 2 aliphatic heterocycles. The first-order chi connectivity index (χ1) is 15.9. The van der Waals surface area contributed by atoms with Gasteiger partial charge in [0.05, 0.1) is 24.8 Å². The van der Waals surface area contributed by atoms with Crippen molar-refractivity contribution in [2.45, 2.75) is 18.4 Å². The number of aromatic nitrogens is 1. The lowest BCUT2D eigenvalue weighted by atomic mass is 10.1. The summed E-state index contributed by atoms with van der Waals surface area (Å²) >= 11 is 0. The second-order valence-electron chi connectivity index (χ2n) is 7.74. The Bertz CT molecular complexity index is 1150. The highest BCUT2D eigenvalue weighted by atomic mass is 19.3. The second-order valence-corrected chi connectivity index (χ2v) is 7.74. The summed E-state index contributed by atoms with van der Waals surface area (Å²) in [5, 5.41) is 14.7. The molecule has 2 aliphatic rings. The molecular formula is C23H21F2N5O3. The maximum absolute atomic E-state index is 13.6. The second kappa shape index (κ2) is 9.24. The maximum atomic E-state index is 13.6. The number of hydrogen-bond donors (Lipinski definition) is 2. The van der Waals surface area contributed by atoms with Gasteiger partial charge in [-0.3, -0.25) is 14.6 Å². The molecule has 8 nitrogen and oxygen atoms in total. The number of carbonyl (C=O) groups is 2. The van der Waals surface area contributed by atoms with Crippen LogP contribution in [0.15, 0.2) is 36.7 Å². The highest BCUT2D eigenvalue weighted by Crippen LogP contribution is 2.31. The van der Waals surface area contributed by atoms with Gasteiger partial charge in [-0.25, -0.2) is 8.78 Å². The molecular weight excluding hydrogens is 432 g/mol. The molecule has 4 rings (SSSR count). The minimum atomic E-state index is -3.11. The van der Waals surface area contributed by atoms with Crippen LogP contribution < -0.4 is 15.4 Å². The molecule has 1 saturated heterocycles. The summed E-state index contributed by atoms with van der Waals surface area (Å²) in [5.41, 5.74) is 2.56. The fourth-order valence-electron chi connectivity index (χ4n) is 3.73. The Balaban J connectivity index is 1.43. The number of pyridine rings is 1. The Hall–Kier alpha value is -4.00. The average Bonchev–Trinajstić information content (AvgIpc) is 3.15. The lowest BCUT2D eigenvalue weighted by Crippen LogP contribution is -2.43. The van der Waals surface area contributed by atoms with Gasteiger partial charge in [0.2, 0.25) is 5.91 Å². The highest BCUT2D eigenvalue weighted by molar-refractivity contribution is 6.00. The predicted molar refractivity (Wildman–Crippen MR) is 117 cm³/mol. The topological polar surface area (TPSA) is 107 Å². The van der Waals surface area contributed by atoms with E-state index in [1.165, 1.54) is 18.5 Å². The number of fused-ring (bicyclic) bond motifs is 1. The number of alkyl halides is 2. The van der Waals surface area contributed by atoms with Crippen molar-refractivity contribution in [1.82, 2.24) is 15.2 Å². The third-order valence-corrected chi connectivity index (χ3v) is 5.37. The van der Waals surface area contributed by atoms with E-state index in [0.29, 0.717) is 12.2 Å². The minimum absolute atomic E-state index is 0.272. The molecule has 1 atom stereocenters. The van der Waals surface area contributed by atoms with Gasteiger partial charge in [0, 0.05) is 36.5 Å². The lowest BCUT2D eigenvalue weighted by Gasteiger charge is -2.19. The van der Waals surface area contributed by atoms with Gasteiger partial charge in [-0.2, -0.15) is 5.26 Å². The SMILES string of the molecule is N#CC1CC(F)(F)CN1C(=O)CNC(=O)c1ccncc1/C=C/c1ccc2c(c1)OCCN2. The van der Waals surface area contributed by atoms with Crippen molar-refractivity contribution in [3.63, 3.8) is 0 Å². The molecule has 2 amide bonds. The molecule has 0 radical (unpaired) electrons. The van der Waals surface area contributed by atoms with Crippen molar-refractivity contribution in [3.05, 3.63) is 53.3 Å². The molecule has 33 heavy (non-hydrogen) atoms. The molecule has 1 aromatic carbocycles. The van der Waals surface area contributed by atoms with Crippen LogP contribution in [0.3, 0.4) is 0 Å². The third-order valence-electron chi connectivity index (χ3n) is 5.37. The summed E-state index contributed by atoms with van der Waals surface area (Å²) in [6, 6.07) is 7.70. The zero-order chi connectivity index (χ0) is 23.4. The van der Waals surface area contributed by atoms with E-state index in [2.05, 4.69) is 15.6 Å². The number of carbonyl (C=O) groups excluding carboxylic acids is 2. The number of hydrogen-bond acceptors (Lipinski definition) is 6. The average molecular weight is 453 g/mol. The van der Waals surface area contributed by atoms with Crippen molar-refractivity contribution in [3.8, 4) is 11.8 Å². The van der Waals surface area contributed by atoms with Crippen molar-refractivity contribution < 1.29 is 23.1 Å². The van der Waals surface area contributed by atoms with Gasteiger partial charge < -0.3 is 20.3 Å². The molecule has 0 spiro atoms. The van der Waals surface area contributed by atoms with Crippen LogP contribution in [-0.4, -0.2) is 59.9 Å². The van der Waals surface area contributed by atoms with E-state index >= 15 is 0 Å². The van der Waals surface area contributed by atoms with Crippen molar-refractivity contribution in [2.75, 3.05) is 31.6 Å². The maximum Gasteiger partial charge on any atom is 0.268 e. The van der Waals surface area contributed by atoms with Crippen LogP contribution in [0.2, 0.25) is 0 Å². The third kappa shape index (κ3) is 5.09. The summed E-state index contributed by atoms with van der Waals surface area (Å²) in [6.45, 7) is 0.00309. The van der Waals surface area contributed by atoms with Crippen LogP contribution in [0, 0.1) is 11.3 Å². The Morgan fingerprint density at radius 1 is 1.36 bits per heavy atom. The van der Waals surface area contributed by atoms with Crippen molar-refractivity contribution >= 4 is 29.7 Å². The Labute approximate surface area is 188 Å². The van der Waals surface area contributed by atoms with Crippen LogP contribution >= 0.6 is 0 Å². The van der Waals surface area contributed by atoms with E-state index in [0.717, 1.165) is 28.4 Å². The number of anilines is 1. The fourth-order valence-corrected chi connectivity index (χ4v) is 3.73. The number of halogens is 2. The molecule has 3 heterocycles. The molecule has 1 aromatic heterocycles. The first-order valence-corrected chi connectivity index (χ1v) is 10.3. The number of benzene rings is 1. The molecule has 1 fully saturated rings. The minimum Gasteiger partial charge on any atom is -0.490 e. The van der Waals surface area contributed by atoms with E-state index in [4.69, 9.17) is 10.00 Å². The molecule has 170 valence electrons. The molecule has 0 aliphatic carbocycles. The van der Waals surface area contributed by atoms with E-state index in [1.54, 1.807) is 18.2 Å². The Morgan fingerprint density at radius 3 is 3.03 bits per heavy atom. The molecule has 2 aromatic rings. The number of nitrogens with zero attached hydrogens (tertiary/aromatic N) is 3. The van der Waals surface area contributed by atoms with Gasteiger partial charge in [-0.15, -0.1) is 0 Å². The van der Waals surface area contributed by atoms with Crippen LogP contribution in [0.5, 0.6) is 5.75 Å². The largest absolute Gasteiger partial charge is 0.490 e. The molecule has 0 saturated carbocycles. The lowest BCUT2D eigenvalue weighted by molar-refractivity contribution is -0.131. The summed E-state index contributed by atoms with van der Waals surface area (Å²) < 4.78 is 32.8. The quantitative estimate of drug-likeness (QED) is 0.721. The smallest absolute Gasteiger partial charge is 0.268 e. The monoisotopic (exact) mass is 453 g/mol. The van der Waals surface area contributed by atoms with E-state index in [-0.39, 0.29) is 5.56 Å². The van der Waals surface area contributed by atoms with Gasteiger partial charge in [-0.1, -0.05) is 18.2 Å². The normalized spacial score (nSPS) is 18.7. The zero-order valence-electron chi connectivity index (χ0n) is 17.6. The van der Waals surface area contributed by atoms with Crippen LogP contribution in [-0.2, 0) is 4.79 Å². The number of nitrogens with one attached hydrogen (secondary N) is 2. The first kappa shape index (κ1) is 22.2. The highest BCUT2D eigenvalue weighted by Gasteiger charge is 2.47.